The Bertz CT molecular complexity index is 305. The van der Waals surface area contributed by atoms with Crippen LogP contribution in [-0.2, 0) is 0 Å². The molecule has 0 heterocycles. The van der Waals surface area contributed by atoms with Crippen molar-refractivity contribution in [2.24, 2.45) is 4.74 Å². The third-order valence-electron chi connectivity index (χ3n) is 6.83. The molecule has 1 nitrogen and oxygen atoms in total. The van der Waals surface area contributed by atoms with Crippen LogP contribution in [0.25, 0.3) is 0 Å². The summed E-state index contributed by atoms with van der Waals surface area (Å²) in [5, 5.41) is 0. The Morgan fingerprint density at radius 3 is 1.05 bits per heavy atom. The number of hydrogen-bond donors (Lipinski definition) is 0. The molecule has 0 saturated heterocycles. The maximum atomic E-state index is 5.40. The molecule has 2 heteroatoms. The second-order valence-corrected chi connectivity index (χ2v) is 12.0. The first-order chi connectivity index (χ1) is 10.4. The average molecular weight is 309 g/mol. The molecule has 0 aliphatic heterocycles. The lowest BCUT2D eigenvalue weighted by Gasteiger charge is -2.48. The fourth-order valence-electron chi connectivity index (χ4n) is 5.87. The molecule has 0 radical (unpaired) electrons. The van der Waals surface area contributed by atoms with Crippen LogP contribution >= 0.6 is 7.05 Å². The molecule has 0 atom stereocenters. The Labute approximate surface area is 132 Å². The van der Waals surface area contributed by atoms with E-state index in [1.165, 1.54) is 96.3 Å². The Morgan fingerprint density at radius 1 is 0.524 bits per heavy atom. The maximum Gasteiger partial charge on any atom is 0.0262 e. The lowest BCUT2D eigenvalue weighted by Crippen LogP contribution is -2.31. The number of nitrogens with zero attached hydrogens (tertiary/aromatic N) is 1. The molecule has 0 spiro atoms. The molecule has 0 aromatic heterocycles. The van der Waals surface area contributed by atoms with Crippen LogP contribution in [0.15, 0.2) is 4.74 Å². The quantitative estimate of drug-likeness (QED) is 0.507. The van der Waals surface area contributed by atoms with Crippen LogP contribution in [0.5, 0.6) is 0 Å². The van der Waals surface area contributed by atoms with Crippen molar-refractivity contribution >= 4 is 7.05 Å². The molecule has 3 aliphatic carbocycles. The minimum Gasteiger partial charge on any atom is -0.306 e. The van der Waals surface area contributed by atoms with Gasteiger partial charge in [0, 0.05) is 7.05 Å². The van der Waals surface area contributed by atoms with E-state index in [0.717, 1.165) is 17.0 Å². The van der Waals surface area contributed by atoms with Crippen molar-refractivity contribution in [2.75, 3.05) is 7.05 Å². The normalized spacial score (nSPS) is 27.7. The van der Waals surface area contributed by atoms with Crippen LogP contribution in [0.4, 0.5) is 0 Å². The zero-order chi connectivity index (χ0) is 14.5. The SMILES string of the molecule is CN=P(C1CCCCC1)(C1CCCCC1)C1CCCCC1. The van der Waals surface area contributed by atoms with Crippen molar-refractivity contribution < 1.29 is 0 Å². The van der Waals surface area contributed by atoms with Gasteiger partial charge in [-0.05, 0) is 62.6 Å². The molecule has 0 bridgehead atoms. The largest absolute Gasteiger partial charge is 0.306 e. The molecule has 3 fully saturated rings. The first-order valence-corrected chi connectivity index (χ1v) is 11.8. The zero-order valence-corrected chi connectivity index (χ0v) is 15.1. The molecule has 0 amide bonds. The first-order valence-electron chi connectivity index (χ1n) is 9.87. The molecular weight excluding hydrogens is 273 g/mol. The van der Waals surface area contributed by atoms with Crippen molar-refractivity contribution in [1.82, 2.24) is 0 Å². The fraction of sp³-hybridized carbons (Fsp3) is 1.00. The summed E-state index contributed by atoms with van der Waals surface area (Å²) in [6, 6.07) is 0. The van der Waals surface area contributed by atoms with E-state index in [2.05, 4.69) is 7.05 Å². The van der Waals surface area contributed by atoms with Gasteiger partial charge in [-0.25, -0.2) is 0 Å². The highest BCUT2D eigenvalue weighted by Crippen LogP contribution is 2.70. The predicted molar refractivity (Wildman–Crippen MR) is 95.9 cm³/mol. The third kappa shape index (κ3) is 3.29. The van der Waals surface area contributed by atoms with Gasteiger partial charge in [-0.3, -0.25) is 0 Å². The van der Waals surface area contributed by atoms with Crippen LogP contribution in [0.2, 0.25) is 0 Å². The van der Waals surface area contributed by atoms with Gasteiger partial charge in [-0.1, -0.05) is 57.8 Å². The summed E-state index contributed by atoms with van der Waals surface area (Å²) in [5.41, 5.74) is 3.09. The summed E-state index contributed by atoms with van der Waals surface area (Å²) in [7, 11) is 1.16. The molecule has 3 aliphatic rings. The standard InChI is InChI=1S/C19H36NP/c1-20-21(17-11-5-2-6-12-17,18-13-7-3-8-14-18)19-15-9-4-10-16-19/h17-19H,2-16H2,1H3. The van der Waals surface area contributed by atoms with Crippen molar-refractivity contribution in [3.8, 4) is 0 Å². The smallest absolute Gasteiger partial charge is 0.0262 e. The maximum absolute atomic E-state index is 5.40. The highest BCUT2D eigenvalue weighted by molar-refractivity contribution is 7.68. The lowest BCUT2D eigenvalue weighted by molar-refractivity contribution is 0.455. The van der Waals surface area contributed by atoms with E-state index in [1.54, 1.807) is 0 Å². The molecule has 0 aromatic rings. The van der Waals surface area contributed by atoms with Gasteiger partial charge in [-0.2, -0.15) is 0 Å². The van der Waals surface area contributed by atoms with Crippen LogP contribution < -0.4 is 0 Å². The number of rotatable bonds is 3. The topological polar surface area (TPSA) is 12.4 Å². The molecule has 0 unspecified atom stereocenters. The summed E-state index contributed by atoms with van der Waals surface area (Å²) in [5.74, 6) is 0. The van der Waals surface area contributed by atoms with E-state index < -0.39 is 7.05 Å². The van der Waals surface area contributed by atoms with Crippen molar-refractivity contribution in [1.29, 1.82) is 0 Å². The minimum atomic E-state index is -1.08. The van der Waals surface area contributed by atoms with Gasteiger partial charge in [0.1, 0.15) is 0 Å². The Morgan fingerprint density at radius 2 is 0.810 bits per heavy atom. The molecule has 3 saturated carbocycles. The summed E-state index contributed by atoms with van der Waals surface area (Å²) < 4.78 is 5.40. The van der Waals surface area contributed by atoms with Crippen LogP contribution in [0.3, 0.4) is 0 Å². The summed E-state index contributed by atoms with van der Waals surface area (Å²) >= 11 is 0. The van der Waals surface area contributed by atoms with Gasteiger partial charge >= 0.3 is 0 Å². The van der Waals surface area contributed by atoms with Gasteiger partial charge in [0.25, 0.3) is 0 Å². The monoisotopic (exact) mass is 309 g/mol. The Balaban J connectivity index is 1.90. The Kier molecular flexibility index (Phi) is 5.88. The second kappa shape index (κ2) is 7.67. The van der Waals surface area contributed by atoms with Gasteiger partial charge in [0.05, 0.1) is 0 Å². The van der Waals surface area contributed by atoms with Crippen molar-refractivity contribution in [3.63, 3.8) is 0 Å². The van der Waals surface area contributed by atoms with E-state index in [1.807, 2.05) is 0 Å². The summed E-state index contributed by atoms with van der Waals surface area (Å²) in [4.78, 5) is 0. The van der Waals surface area contributed by atoms with Crippen LogP contribution in [-0.4, -0.2) is 24.0 Å². The van der Waals surface area contributed by atoms with E-state index in [0.29, 0.717) is 0 Å². The fourth-order valence-corrected chi connectivity index (χ4v) is 12.2. The molecule has 0 N–H and O–H groups in total. The van der Waals surface area contributed by atoms with Gasteiger partial charge < -0.3 is 4.74 Å². The third-order valence-corrected chi connectivity index (χ3v) is 12.6. The molecule has 21 heavy (non-hydrogen) atoms. The predicted octanol–water partition coefficient (Wildman–Crippen LogP) is 6.82. The second-order valence-electron chi connectivity index (χ2n) is 7.87. The van der Waals surface area contributed by atoms with Gasteiger partial charge in [0.15, 0.2) is 0 Å². The van der Waals surface area contributed by atoms with Crippen molar-refractivity contribution in [2.45, 2.75) is 113 Å². The van der Waals surface area contributed by atoms with E-state index in [-0.39, 0.29) is 0 Å². The summed E-state index contributed by atoms with van der Waals surface area (Å²) in [6.45, 7) is 0. The molecule has 3 rings (SSSR count). The minimum absolute atomic E-state index is 1.03. The average Bonchev–Trinajstić information content (AvgIpc) is 2.59. The molecule has 122 valence electrons. The molecular formula is C19H36NP. The van der Waals surface area contributed by atoms with Crippen LogP contribution in [0.1, 0.15) is 96.3 Å². The van der Waals surface area contributed by atoms with Gasteiger partial charge in [0.2, 0.25) is 0 Å². The Hall–Kier alpha value is 0.230. The van der Waals surface area contributed by atoms with E-state index in [4.69, 9.17) is 4.74 Å². The number of hydrogen-bond acceptors (Lipinski definition) is 1. The molecule has 0 aromatic carbocycles. The zero-order valence-electron chi connectivity index (χ0n) is 14.2. The van der Waals surface area contributed by atoms with Crippen LogP contribution in [0, 0.1) is 0 Å². The highest BCUT2D eigenvalue weighted by atomic mass is 31.2. The van der Waals surface area contributed by atoms with Gasteiger partial charge in [-0.15, -0.1) is 0 Å². The lowest BCUT2D eigenvalue weighted by atomic mass is 9.99. The first kappa shape index (κ1) is 16.1. The van der Waals surface area contributed by atoms with E-state index >= 15 is 0 Å². The van der Waals surface area contributed by atoms with Crippen molar-refractivity contribution in [3.05, 3.63) is 0 Å². The highest BCUT2D eigenvalue weighted by Gasteiger charge is 2.43. The van der Waals surface area contributed by atoms with E-state index in [9.17, 15) is 0 Å². The summed E-state index contributed by atoms with van der Waals surface area (Å²) in [6.07, 6.45) is 22.7.